The molecule has 1 heterocycles. The second-order valence-electron chi connectivity index (χ2n) is 4.60. The van der Waals surface area contributed by atoms with E-state index in [1.54, 1.807) is 18.2 Å². The van der Waals surface area contributed by atoms with Crippen molar-refractivity contribution in [1.29, 1.82) is 0 Å². The van der Waals surface area contributed by atoms with E-state index in [-0.39, 0.29) is 11.7 Å². The van der Waals surface area contributed by atoms with Crippen molar-refractivity contribution in [2.24, 2.45) is 0 Å². The molecule has 5 nitrogen and oxygen atoms in total. The van der Waals surface area contributed by atoms with Crippen LogP contribution in [-0.2, 0) is 4.74 Å². The summed E-state index contributed by atoms with van der Waals surface area (Å²) in [5, 5.41) is 10.5. The molecule has 0 saturated carbocycles. The molecule has 0 spiro atoms. The molecule has 0 amide bonds. The molecule has 0 radical (unpaired) electrons. The Bertz CT molecular complexity index is 610. The lowest BCUT2D eigenvalue weighted by atomic mass is 10.1. The maximum atomic E-state index is 11.2. The van der Waals surface area contributed by atoms with Gasteiger partial charge >= 0.3 is 5.97 Å². The van der Waals surface area contributed by atoms with Gasteiger partial charge in [0.1, 0.15) is 6.61 Å². The molecule has 0 unspecified atom stereocenters. The molecule has 106 valence electrons. The first kappa shape index (κ1) is 14.3. The van der Waals surface area contributed by atoms with Gasteiger partial charge in [-0.3, -0.25) is 0 Å². The number of carbonyl (C=O) groups is 1. The highest BCUT2D eigenvalue weighted by molar-refractivity contribution is 6.04. The molecule has 20 heavy (non-hydrogen) atoms. The van der Waals surface area contributed by atoms with Crippen LogP contribution in [-0.4, -0.2) is 35.4 Å². The van der Waals surface area contributed by atoms with Crippen LogP contribution in [0.25, 0.3) is 10.8 Å². The Morgan fingerprint density at radius 2 is 1.95 bits per heavy atom. The number of ether oxygens (including phenoxy) is 2. The quantitative estimate of drug-likeness (QED) is 0.821. The summed E-state index contributed by atoms with van der Waals surface area (Å²) in [6.45, 7) is 4.75. The average molecular weight is 275 g/mol. The van der Waals surface area contributed by atoms with Gasteiger partial charge in [0.15, 0.2) is 0 Å². The number of hydrogen-bond donors (Lipinski definition) is 1. The number of benzene rings is 1. The number of pyridine rings is 1. The van der Waals surface area contributed by atoms with E-state index < -0.39 is 5.97 Å². The summed E-state index contributed by atoms with van der Waals surface area (Å²) < 4.78 is 11.0. The molecule has 1 aromatic heterocycles. The molecule has 1 N–H and O–H groups in total. The van der Waals surface area contributed by atoms with Crippen molar-refractivity contribution in [2.45, 2.75) is 20.0 Å². The first-order chi connectivity index (χ1) is 9.59. The Kier molecular flexibility index (Phi) is 4.53. The Balaban J connectivity index is 2.22. The molecule has 0 atom stereocenters. The van der Waals surface area contributed by atoms with Crippen molar-refractivity contribution >= 4 is 16.7 Å². The number of rotatable bonds is 6. The Morgan fingerprint density at radius 1 is 1.25 bits per heavy atom. The van der Waals surface area contributed by atoms with Crippen molar-refractivity contribution in [1.82, 2.24) is 4.98 Å². The van der Waals surface area contributed by atoms with Crippen molar-refractivity contribution < 1.29 is 19.4 Å². The van der Waals surface area contributed by atoms with Gasteiger partial charge in [0, 0.05) is 17.0 Å². The Hall–Kier alpha value is -2.14. The number of carboxylic acid groups (broad SMARTS) is 1. The molecule has 5 heteroatoms. The second-order valence-corrected chi connectivity index (χ2v) is 4.60. The highest BCUT2D eigenvalue weighted by Gasteiger charge is 2.12. The van der Waals surface area contributed by atoms with Crippen molar-refractivity contribution in [3.05, 3.63) is 36.0 Å². The zero-order chi connectivity index (χ0) is 14.5. The maximum absolute atomic E-state index is 11.2. The highest BCUT2D eigenvalue weighted by Crippen LogP contribution is 2.26. The lowest BCUT2D eigenvalue weighted by molar-refractivity contribution is 0.0546. The minimum atomic E-state index is -0.997. The third-order valence-corrected chi connectivity index (χ3v) is 2.76. The van der Waals surface area contributed by atoms with E-state index >= 15 is 0 Å². The van der Waals surface area contributed by atoms with Crippen LogP contribution in [0.4, 0.5) is 0 Å². The standard InChI is InChI=1S/C15H17NO4/c1-10(2)19-7-8-20-14-12-6-4-3-5-11(12)13(9-16-14)15(17)18/h3-6,9-10H,7-8H2,1-2H3,(H,17,18). The summed E-state index contributed by atoms with van der Waals surface area (Å²) in [7, 11) is 0. The monoisotopic (exact) mass is 275 g/mol. The topological polar surface area (TPSA) is 68.7 Å². The fourth-order valence-electron chi connectivity index (χ4n) is 1.87. The van der Waals surface area contributed by atoms with Gasteiger partial charge in [-0.1, -0.05) is 18.2 Å². The van der Waals surface area contributed by atoms with Gasteiger partial charge in [-0.2, -0.15) is 0 Å². The molecule has 0 fully saturated rings. The minimum Gasteiger partial charge on any atom is -0.478 e. The van der Waals surface area contributed by atoms with E-state index in [9.17, 15) is 4.79 Å². The van der Waals surface area contributed by atoms with Gasteiger partial charge in [-0.05, 0) is 19.9 Å². The zero-order valence-corrected chi connectivity index (χ0v) is 11.5. The predicted octanol–water partition coefficient (Wildman–Crippen LogP) is 2.74. The van der Waals surface area contributed by atoms with Crippen LogP contribution in [0.1, 0.15) is 24.2 Å². The number of nitrogens with zero attached hydrogens (tertiary/aromatic N) is 1. The molecule has 2 rings (SSSR count). The fraction of sp³-hybridized carbons (Fsp3) is 0.333. The molecule has 0 saturated heterocycles. The largest absolute Gasteiger partial charge is 0.478 e. The summed E-state index contributed by atoms with van der Waals surface area (Å²) in [4.78, 5) is 15.2. The highest BCUT2D eigenvalue weighted by atomic mass is 16.5. The van der Waals surface area contributed by atoms with E-state index in [0.717, 1.165) is 0 Å². The van der Waals surface area contributed by atoms with Crippen molar-refractivity contribution in [3.8, 4) is 5.88 Å². The maximum Gasteiger partial charge on any atom is 0.337 e. The first-order valence-corrected chi connectivity index (χ1v) is 6.45. The molecule has 0 aliphatic rings. The smallest absolute Gasteiger partial charge is 0.337 e. The molecular weight excluding hydrogens is 258 g/mol. The number of hydrogen-bond acceptors (Lipinski definition) is 4. The summed E-state index contributed by atoms with van der Waals surface area (Å²) >= 11 is 0. The molecule has 2 aromatic rings. The molecule has 0 aliphatic heterocycles. The van der Waals surface area contributed by atoms with E-state index in [0.29, 0.717) is 29.9 Å². The third kappa shape index (κ3) is 3.24. The first-order valence-electron chi connectivity index (χ1n) is 6.45. The zero-order valence-electron chi connectivity index (χ0n) is 11.5. The number of aromatic carboxylic acids is 1. The van der Waals surface area contributed by atoms with Crippen molar-refractivity contribution in [2.75, 3.05) is 13.2 Å². The van der Waals surface area contributed by atoms with Crippen LogP contribution >= 0.6 is 0 Å². The average Bonchev–Trinajstić information content (AvgIpc) is 2.43. The van der Waals surface area contributed by atoms with E-state index in [4.69, 9.17) is 14.6 Å². The fourth-order valence-corrected chi connectivity index (χ4v) is 1.87. The summed E-state index contributed by atoms with van der Waals surface area (Å²) in [5.74, 6) is -0.568. The molecule has 0 bridgehead atoms. The SMILES string of the molecule is CC(C)OCCOc1ncc(C(=O)O)c2ccccc12. The lowest BCUT2D eigenvalue weighted by Gasteiger charge is -2.11. The van der Waals surface area contributed by atoms with Gasteiger partial charge in [0.25, 0.3) is 0 Å². The Labute approximate surface area is 117 Å². The Morgan fingerprint density at radius 3 is 2.60 bits per heavy atom. The minimum absolute atomic E-state index is 0.151. The number of aromatic nitrogens is 1. The van der Waals surface area contributed by atoms with Gasteiger partial charge in [0.05, 0.1) is 18.3 Å². The number of carboxylic acids is 1. The summed E-state index contributed by atoms with van der Waals surface area (Å²) in [5.41, 5.74) is 0.173. The van der Waals surface area contributed by atoms with Gasteiger partial charge in [-0.15, -0.1) is 0 Å². The van der Waals surface area contributed by atoms with E-state index in [2.05, 4.69) is 4.98 Å². The lowest BCUT2D eigenvalue weighted by Crippen LogP contribution is -2.12. The van der Waals surface area contributed by atoms with Crippen LogP contribution in [0.3, 0.4) is 0 Å². The second kappa shape index (κ2) is 6.34. The molecular formula is C15H17NO4. The van der Waals surface area contributed by atoms with Gasteiger partial charge in [-0.25, -0.2) is 9.78 Å². The van der Waals surface area contributed by atoms with Crippen LogP contribution < -0.4 is 4.74 Å². The third-order valence-electron chi connectivity index (χ3n) is 2.76. The predicted molar refractivity (Wildman–Crippen MR) is 75.3 cm³/mol. The van der Waals surface area contributed by atoms with E-state index in [1.807, 2.05) is 19.9 Å². The summed E-state index contributed by atoms with van der Waals surface area (Å²) in [6.07, 6.45) is 1.47. The van der Waals surface area contributed by atoms with Crippen LogP contribution in [0.5, 0.6) is 5.88 Å². The molecule has 1 aromatic carbocycles. The van der Waals surface area contributed by atoms with Gasteiger partial charge < -0.3 is 14.6 Å². The summed E-state index contributed by atoms with van der Waals surface area (Å²) in [6, 6.07) is 7.17. The normalized spacial score (nSPS) is 10.9. The molecule has 0 aliphatic carbocycles. The van der Waals surface area contributed by atoms with Crippen LogP contribution in [0.15, 0.2) is 30.5 Å². The number of fused-ring (bicyclic) bond motifs is 1. The van der Waals surface area contributed by atoms with E-state index in [1.165, 1.54) is 6.20 Å². The van der Waals surface area contributed by atoms with Crippen molar-refractivity contribution in [3.63, 3.8) is 0 Å². The van der Waals surface area contributed by atoms with Gasteiger partial charge in [0.2, 0.25) is 5.88 Å². The van der Waals surface area contributed by atoms with Crippen LogP contribution in [0.2, 0.25) is 0 Å². The van der Waals surface area contributed by atoms with Crippen LogP contribution in [0, 0.1) is 0 Å².